The van der Waals surface area contributed by atoms with Crippen molar-refractivity contribution in [1.82, 2.24) is 4.90 Å². The SMILES string of the molecule is Cc1cc(C(=O)N2CCC(O)(c3ccccc3)C(COS(C)(=O)=O)C2)ccc1OC(C)C. The van der Waals surface area contributed by atoms with Crippen molar-refractivity contribution in [3.63, 3.8) is 0 Å². The Balaban J connectivity index is 1.84. The number of aryl methyl sites for hydroxylation is 1. The molecule has 174 valence electrons. The number of carbonyl (C=O) groups excluding carboxylic acids is 1. The molecule has 1 N–H and O–H groups in total. The van der Waals surface area contributed by atoms with Gasteiger partial charge in [-0.15, -0.1) is 0 Å². The maximum absolute atomic E-state index is 13.2. The molecular weight excluding hydrogens is 430 g/mol. The summed E-state index contributed by atoms with van der Waals surface area (Å²) in [6.07, 6.45) is 1.28. The molecule has 0 saturated carbocycles. The van der Waals surface area contributed by atoms with Crippen molar-refractivity contribution >= 4 is 16.0 Å². The monoisotopic (exact) mass is 461 g/mol. The van der Waals surface area contributed by atoms with Gasteiger partial charge in [-0.3, -0.25) is 8.98 Å². The van der Waals surface area contributed by atoms with E-state index in [2.05, 4.69) is 0 Å². The van der Waals surface area contributed by atoms with Crippen molar-refractivity contribution in [2.75, 3.05) is 26.0 Å². The molecule has 0 radical (unpaired) electrons. The zero-order valence-electron chi connectivity index (χ0n) is 18.9. The second-order valence-corrected chi connectivity index (χ2v) is 10.3. The molecule has 8 heteroatoms. The Labute approximate surface area is 190 Å². The fourth-order valence-corrected chi connectivity index (χ4v) is 4.47. The minimum absolute atomic E-state index is 0.0311. The Hall–Kier alpha value is -2.42. The van der Waals surface area contributed by atoms with Gasteiger partial charge in [0.15, 0.2) is 0 Å². The van der Waals surface area contributed by atoms with E-state index >= 15 is 0 Å². The summed E-state index contributed by atoms with van der Waals surface area (Å²) < 4.78 is 34.0. The number of piperidine rings is 1. The van der Waals surface area contributed by atoms with Gasteiger partial charge >= 0.3 is 0 Å². The average molecular weight is 462 g/mol. The van der Waals surface area contributed by atoms with Crippen LogP contribution < -0.4 is 4.74 Å². The van der Waals surface area contributed by atoms with Crippen LogP contribution in [-0.2, 0) is 19.9 Å². The third-order valence-corrected chi connectivity index (χ3v) is 6.27. The van der Waals surface area contributed by atoms with Crippen LogP contribution in [0.4, 0.5) is 0 Å². The fraction of sp³-hybridized carbons (Fsp3) is 0.458. The topological polar surface area (TPSA) is 93.1 Å². The first-order chi connectivity index (χ1) is 15.0. The van der Waals surface area contributed by atoms with Gasteiger partial charge in [-0.05, 0) is 56.5 Å². The number of hydrogen-bond acceptors (Lipinski definition) is 6. The zero-order chi connectivity index (χ0) is 23.5. The summed E-state index contributed by atoms with van der Waals surface area (Å²) >= 11 is 0. The molecule has 2 aromatic carbocycles. The molecule has 32 heavy (non-hydrogen) atoms. The zero-order valence-corrected chi connectivity index (χ0v) is 19.8. The normalized spacial score (nSPS) is 21.6. The Kier molecular flexibility index (Phi) is 7.27. The van der Waals surface area contributed by atoms with Gasteiger partial charge in [0.1, 0.15) is 5.75 Å². The van der Waals surface area contributed by atoms with Crippen molar-refractivity contribution < 1.29 is 27.2 Å². The maximum Gasteiger partial charge on any atom is 0.264 e. The molecule has 1 amide bonds. The van der Waals surface area contributed by atoms with E-state index in [9.17, 15) is 18.3 Å². The van der Waals surface area contributed by atoms with Crippen molar-refractivity contribution in [2.45, 2.75) is 38.9 Å². The Morgan fingerprint density at radius 3 is 2.50 bits per heavy atom. The van der Waals surface area contributed by atoms with E-state index < -0.39 is 21.6 Å². The average Bonchev–Trinajstić information content (AvgIpc) is 2.74. The summed E-state index contributed by atoms with van der Waals surface area (Å²) in [5.74, 6) is -0.0568. The first-order valence-corrected chi connectivity index (χ1v) is 12.5. The second-order valence-electron chi connectivity index (χ2n) is 8.62. The molecule has 1 fully saturated rings. The van der Waals surface area contributed by atoms with Crippen LogP contribution in [0.2, 0.25) is 0 Å². The Morgan fingerprint density at radius 2 is 1.91 bits per heavy atom. The number of carbonyl (C=O) groups is 1. The number of ether oxygens (including phenoxy) is 1. The summed E-state index contributed by atoms with van der Waals surface area (Å²) in [5, 5.41) is 11.5. The lowest BCUT2D eigenvalue weighted by Gasteiger charge is -2.44. The van der Waals surface area contributed by atoms with Gasteiger partial charge in [0, 0.05) is 24.6 Å². The van der Waals surface area contributed by atoms with Crippen molar-refractivity contribution in [3.8, 4) is 5.75 Å². The highest BCUT2D eigenvalue weighted by Crippen LogP contribution is 2.38. The number of aliphatic hydroxyl groups is 1. The van der Waals surface area contributed by atoms with Crippen LogP contribution in [0.3, 0.4) is 0 Å². The molecule has 0 bridgehead atoms. The standard InChI is InChI=1S/C24H31NO6S/c1-17(2)31-22-11-10-19(14-18(22)3)23(26)25-13-12-24(27,20-8-6-5-7-9-20)21(15-25)16-30-32(4,28)29/h5-11,14,17,21,27H,12-13,15-16H2,1-4H3. The maximum atomic E-state index is 13.2. The van der Waals surface area contributed by atoms with Gasteiger partial charge in [0.2, 0.25) is 0 Å². The molecule has 2 aromatic rings. The molecule has 1 saturated heterocycles. The Morgan fingerprint density at radius 1 is 1.22 bits per heavy atom. The van der Waals surface area contributed by atoms with E-state index in [1.165, 1.54) is 0 Å². The van der Waals surface area contributed by atoms with E-state index in [1.807, 2.05) is 51.1 Å². The van der Waals surface area contributed by atoms with Gasteiger partial charge in [-0.1, -0.05) is 30.3 Å². The molecule has 1 heterocycles. The number of amides is 1. The highest BCUT2D eigenvalue weighted by molar-refractivity contribution is 7.85. The van der Waals surface area contributed by atoms with Crippen LogP contribution >= 0.6 is 0 Å². The van der Waals surface area contributed by atoms with Gasteiger partial charge in [-0.25, -0.2) is 0 Å². The first kappa shape index (κ1) is 24.2. The molecule has 0 aromatic heterocycles. The third-order valence-electron chi connectivity index (χ3n) is 5.71. The predicted molar refractivity (Wildman–Crippen MR) is 122 cm³/mol. The number of benzene rings is 2. The second kappa shape index (κ2) is 9.60. The lowest BCUT2D eigenvalue weighted by molar-refractivity contribution is -0.0835. The van der Waals surface area contributed by atoms with Gasteiger partial charge < -0.3 is 14.7 Å². The minimum atomic E-state index is -3.69. The number of rotatable bonds is 7. The number of likely N-dealkylation sites (tertiary alicyclic amines) is 1. The number of nitrogens with zero attached hydrogens (tertiary/aromatic N) is 1. The summed E-state index contributed by atoms with van der Waals surface area (Å²) in [5.41, 5.74) is 0.763. The van der Waals surface area contributed by atoms with Crippen LogP contribution in [0.1, 0.15) is 41.8 Å². The largest absolute Gasteiger partial charge is 0.491 e. The molecular formula is C24H31NO6S. The quantitative estimate of drug-likeness (QED) is 0.637. The summed E-state index contributed by atoms with van der Waals surface area (Å²) in [7, 11) is -3.69. The molecule has 1 aliphatic heterocycles. The summed E-state index contributed by atoms with van der Waals surface area (Å²) in [6, 6.07) is 14.4. The van der Waals surface area contributed by atoms with E-state index in [-0.39, 0.29) is 31.6 Å². The van der Waals surface area contributed by atoms with E-state index in [0.717, 1.165) is 17.6 Å². The lowest BCUT2D eigenvalue weighted by atomic mass is 9.76. The highest BCUT2D eigenvalue weighted by Gasteiger charge is 2.44. The number of hydrogen-bond donors (Lipinski definition) is 1. The Bertz CT molecular complexity index is 1050. The third kappa shape index (κ3) is 5.68. The lowest BCUT2D eigenvalue weighted by Crippen LogP contribution is -2.53. The van der Waals surface area contributed by atoms with Crippen LogP contribution in [0.15, 0.2) is 48.5 Å². The van der Waals surface area contributed by atoms with E-state index in [4.69, 9.17) is 8.92 Å². The van der Waals surface area contributed by atoms with Gasteiger partial charge in [0.25, 0.3) is 16.0 Å². The predicted octanol–water partition coefficient (Wildman–Crippen LogP) is 3.11. The minimum Gasteiger partial charge on any atom is -0.491 e. The van der Waals surface area contributed by atoms with Gasteiger partial charge in [-0.2, -0.15) is 8.42 Å². The van der Waals surface area contributed by atoms with Crippen molar-refractivity contribution in [1.29, 1.82) is 0 Å². The molecule has 2 unspecified atom stereocenters. The highest BCUT2D eigenvalue weighted by atomic mass is 32.2. The summed E-state index contributed by atoms with van der Waals surface area (Å²) in [4.78, 5) is 14.9. The first-order valence-electron chi connectivity index (χ1n) is 10.7. The molecule has 3 rings (SSSR count). The van der Waals surface area contributed by atoms with E-state index in [1.54, 1.807) is 23.1 Å². The van der Waals surface area contributed by atoms with Crippen LogP contribution in [-0.4, -0.2) is 56.4 Å². The van der Waals surface area contributed by atoms with Crippen molar-refractivity contribution in [2.24, 2.45) is 5.92 Å². The molecule has 7 nitrogen and oxygen atoms in total. The summed E-state index contributed by atoms with van der Waals surface area (Å²) in [6.45, 7) is 6.07. The van der Waals surface area contributed by atoms with Crippen molar-refractivity contribution in [3.05, 3.63) is 65.2 Å². The van der Waals surface area contributed by atoms with Crippen LogP contribution in [0.25, 0.3) is 0 Å². The van der Waals surface area contributed by atoms with E-state index in [0.29, 0.717) is 17.7 Å². The smallest absolute Gasteiger partial charge is 0.264 e. The molecule has 0 spiro atoms. The van der Waals surface area contributed by atoms with Crippen LogP contribution in [0, 0.1) is 12.8 Å². The molecule has 0 aliphatic carbocycles. The molecule has 2 atom stereocenters. The van der Waals surface area contributed by atoms with Gasteiger partial charge in [0.05, 0.1) is 24.6 Å². The molecule has 1 aliphatic rings. The van der Waals surface area contributed by atoms with Crippen LogP contribution in [0.5, 0.6) is 5.75 Å². The fourth-order valence-electron chi connectivity index (χ4n) is 4.06.